The molecule has 0 spiro atoms. The van der Waals surface area contributed by atoms with E-state index < -0.39 is 17.9 Å². The van der Waals surface area contributed by atoms with E-state index in [0.29, 0.717) is 24.2 Å². The van der Waals surface area contributed by atoms with Crippen LogP contribution >= 0.6 is 0 Å². The normalized spacial score (nSPS) is 19.9. The summed E-state index contributed by atoms with van der Waals surface area (Å²) < 4.78 is 0. The van der Waals surface area contributed by atoms with E-state index in [9.17, 15) is 19.2 Å². The van der Waals surface area contributed by atoms with Crippen LogP contribution < -0.4 is 10.6 Å². The lowest BCUT2D eigenvalue weighted by Gasteiger charge is -2.29. The number of anilines is 1. The molecule has 1 fully saturated rings. The maximum Gasteiger partial charge on any atom is 0.305 e. The van der Waals surface area contributed by atoms with Gasteiger partial charge in [-0.1, -0.05) is 6.07 Å². The van der Waals surface area contributed by atoms with Crippen molar-refractivity contribution < 1.29 is 24.3 Å². The molecule has 2 aliphatic rings. The Labute approximate surface area is 137 Å². The maximum atomic E-state index is 12.6. The van der Waals surface area contributed by atoms with Gasteiger partial charge in [0.25, 0.3) is 5.91 Å². The van der Waals surface area contributed by atoms with E-state index in [1.54, 1.807) is 18.2 Å². The van der Waals surface area contributed by atoms with Crippen molar-refractivity contribution in [2.24, 2.45) is 0 Å². The smallest absolute Gasteiger partial charge is 0.305 e. The Hall–Kier alpha value is -2.90. The third-order valence-electron chi connectivity index (χ3n) is 4.20. The molecule has 0 bridgehead atoms. The van der Waals surface area contributed by atoms with Gasteiger partial charge in [-0.2, -0.15) is 0 Å². The summed E-state index contributed by atoms with van der Waals surface area (Å²) in [4.78, 5) is 47.8. The SMILES string of the molecule is O=C(O)CCNc1ccc2c(c1)C(=O)N(C1CCC(=O)NC1=O)C2. The maximum absolute atomic E-state index is 12.6. The fourth-order valence-corrected chi connectivity index (χ4v) is 2.98. The summed E-state index contributed by atoms with van der Waals surface area (Å²) in [5.74, 6) is -1.90. The van der Waals surface area contributed by atoms with Crippen LogP contribution in [0.2, 0.25) is 0 Å². The molecule has 1 aromatic rings. The Bertz CT molecular complexity index is 730. The number of hydrogen-bond donors (Lipinski definition) is 3. The number of nitrogens with zero attached hydrogens (tertiary/aromatic N) is 1. The number of benzene rings is 1. The minimum Gasteiger partial charge on any atom is -0.481 e. The van der Waals surface area contributed by atoms with Crippen molar-refractivity contribution in [1.29, 1.82) is 0 Å². The topological polar surface area (TPSA) is 116 Å². The van der Waals surface area contributed by atoms with Crippen LogP contribution in [0.5, 0.6) is 0 Å². The van der Waals surface area contributed by atoms with E-state index in [-0.39, 0.29) is 31.2 Å². The van der Waals surface area contributed by atoms with Gasteiger partial charge in [-0.15, -0.1) is 0 Å². The number of rotatable bonds is 5. The second-order valence-electron chi connectivity index (χ2n) is 5.84. The van der Waals surface area contributed by atoms with Gasteiger partial charge in [-0.3, -0.25) is 24.5 Å². The number of carbonyl (C=O) groups excluding carboxylic acids is 3. The molecule has 0 aromatic heterocycles. The van der Waals surface area contributed by atoms with Crippen molar-refractivity contribution in [3.63, 3.8) is 0 Å². The second kappa shape index (κ2) is 6.31. The van der Waals surface area contributed by atoms with E-state index >= 15 is 0 Å². The molecule has 0 radical (unpaired) electrons. The summed E-state index contributed by atoms with van der Waals surface area (Å²) in [6.07, 6.45) is 0.528. The van der Waals surface area contributed by atoms with Crippen LogP contribution in [0, 0.1) is 0 Å². The molecule has 3 N–H and O–H groups in total. The Morgan fingerprint density at radius 1 is 1.33 bits per heavy atom. The van der Waals surface area contributed by atoms with Crippen molar-refractivity contribution in [2.45, 2.75) is 31.8 Å². The number of amides is 3. The molecule has 126 valence electrons. The van der Waals surface area contributed by atoms with E-state index in [1.165, 1.54) is 4.90 Å². The first-order valence-electron chi connectivity index (χ1n) is 7.69. The summed E-state index contributed by atoms with van der Waals surface area (Å²) >= 11 is 0. The largest absolute Gasteiger partial charge is 0.481 e. The lowest BCUT2D eigenvalue weighted by molar-refractivity contribution is -0.138. The molecule has 8 nitrogen and oxygen atoms in total. The van der Waals surface area contributed by atoms with E-state index in [2.05, 4.69) is 10.6 Å². The molecule has 1 unspecified atom stereocenters. The van der Waals surface area contributed by atoms with Gasteiger partial charge in [-0.05, 0) is 24.1 Å². The van der Waals surface area contributed by atoms with Crippen LogP contribution in [0.1, 0.15) is 35.2 Å². The van der Waals surface area contributed by atoms with Crippen LogP contribution in [-0.2, 0) is 20.9 Å². The lowest BCUT2D eigenvalue weighted by atomic mass is 10.0. The zero-order chi connectivity index (χ0) is 17.3. The second-order valence-corrected chi connectivity index (χ2v) is 5.84. The molecule has 3 amide bonds. The van der Waals surface area contributed by atoms with Gasteiger partial charge in [0.15, 0.2) is 0 Å². The van der Waals surface area contributed by atoms with Crippen molar-refractivity contribution in [2.75, 3.05) is 11.9 Å². The van der Waals surface area contributed by atoms with Crippen LogP contribution in [0.25, 0.3) is 0 Å². The van der Waals surface area contributed by atoms with Crippen molar-refractivity contribution in [3.05, 3.63) is 29.3 Å². The van der Waals surface area contributed by atoms with Crippen molar-refractivity contribution in [1.82, 2.24) is 10.2 Å². The molecule has 2 heterocycles. The van der Waals surface area contributed by atoms with Gasteiger partial charge in [0.1, 0.15) is 6.04 Å². The molecule has 1 saturated heterocycles. The predicted octanol–water partition coefficient (Wildman–Crippen LogP) is 0.334. The summed E-state index contributed by atoms with van der Waals surface area (Å²) in [6.45, 7) is 0.592. The highest BCUT2D eigenvalue weighted by Gasteiger charge is 2.39. The first-order chi connectivity index (χ1) is 11.5. The molecule has 0 aliphatic carbocycles. The molecule has 3 rings (SSSR count). The quantitative estimate of drug-likeness (QED) is 0.670. The standard InChI is InChI=1S/C16H17N3O5/c20-13-4-3-12(15(23)18-13)19-8-9-1-2-10(7-11(9)16(19)24)17-6-5-14(21)22/h1-2,7,12,17H,3-6,8H2,(H,21,22)(H,18,20,23). The highest BCUT2D eigenvalue weighted by molar-refractivity contribution is 6.05. The molecule has 24 heavy (non-hydrogen) atoms. The molecule has 2 aliphatic heterocycles. The summed E-state index contributed by atoms with van der Waals surface area (Å²) in [5.41, 5.74) is 1.97. The fraction of sp³-hybridized carbons (Fsp3) is 0.375. The van der Waals surface area contributed by atoms with E-state index in [0.717, 1.165) is 5.56 Å². The molecular weight excluding hydrogens is 314 g/mol. The van der Waals surface area contributed by atoms with Gasteiger partial charge >= 0.3 is 5.97 Å². The molecule has 8 heteroatoms. The lowest BCUT2D eigenvalue weighted by Crippen LogP contribution is -2.52. The van der Waals surface area contributed by atoms with E-state index in [1.807, 2.05) is 0 Å². The zero-order valence-electron chi connectivity index (χ0n) is 12.9. The molecule has 0 saturated carbocycles. The Balaban J connectivity index is 1.72. The summed E-state index contributed by atoms with van der Waals surface area (Å²) in [6, 6.07) is 4.61. The number of aliphatic carboxylic acids is 1. The van der Waals surface area contributed by atoms with Gasteiger partial charge in [0, 0.05) is 30.8 Å². The third-order valence-corrected chi connectivity index (χ3v) is 4.20. The summed E-state index contributed by atoms with van der Waals surface area (Å²) in [7, 11) is 0. The molecular formula is C16H17N3O5. The fourth-order valence-electron chi connectivity index (χ4n) is 2.98. The number of hydrogen-bond acceptors (Lipinski definition) is 5. The van der Waals surface area contributed by atoms with Gasteiger partial charge in [0.05, 0.1) is 6.42 Å². The van der Waals surface area contributed by atoms with Gasteiger partial charge in [0.2, 0.25) is 11.8 Å². The number of carboxylic acids is 1. The number of fused-ring (bicyclic) bond motifs is 1. The van der Waals surface area contributed by atoms with Crippen molar-refractivity contribution >= 4 is 29.4 Å². The average molecular weight is 331 g/mol. The number of carbonyl (C=O) groups is 4. The first-order valence-corrected chi connectivity index (χ1v) is 7.69. The zero-order valence-corrected chi connectivity index (χ0v) is 12.9. The van der Waals surface area contributed by atoms with Crippen LogP contribution in [0.15, 0.2) is 18.2 Å². The Morgan fingerprint density at radius 3 is 2.83 bits per heavy atom. The van der Waals surface area contributed by atoms with Crippen LogP contribution in [0.4, 0.5) is 5.69 Å². The predicted molar refractivity (Wildman–Crippen MR) is 83.2 cm³/mol. The highest BCUT2D eigenvalue weighted by atomic mass is 16.4. The first kappa shape index (κ1) is 16.0. The number of piperidine rings is 1. The Kier molecular flexibility index (Phi) is 4.20. The molecule has 1 aromatic carbocycles. The number of nitrogens with one attached hydrogen (secondary N) is 2. The van der Waals surface area contributed by atoms with Gasteiger partial charge in [-0.25, -0.2) is 0 Å². The van der Waals surface area contributed by atoms with Crippen LogP contribution in [-0.4, -0.2) is 46.3 Å². The van der Waals surface area contributed by atoms with Crippen LogP contribution in [0.3, 0.4) is 0 Å². The summed E-state index contributed by atoms with van der Waals surface area (Å²) in [5, 5.41) is 13.9. The van der Waals surface area contributed by atoms with Crippen molar-refractivity contribution in [3.8, 4) is 0 Å². The minimum absolute atomic E-state index is 0.0204. The third kappa shape index (κ3) is 3.08. The number of carboxylic acid groups (broad SMARTS) is 1. The highest BCUT2D eigenvalue weighted by Crippen LogP contribution is 2.29. The molecule has 1 atom stereocenters. The minimum atomic E-state index is -0.899. The van der Waals surface area contributed by atoms with Gasteiger partial charge < -0.3 is 15.3 Å². The number of imide groups is 1. The average Bonchev–Trinajstić information content (AvgIpc) is 2.84. The monoisotopic (exact) mass is 331 g/mol. The Morgan fingerprint density at radius 2 is 2.12 bits per heavy atom. The van der Waals surface area contributed by atoms with E-state index in [4.69, 9.17) is 5.11 Å².